The Morgan fingerprint density at radius 3 is 2.60 bits per heavy atom. The van der Waals surface area contributed by atoms with Crippen molar-refractivity contribution in [1.29, 1.82) is 0 Å². The number of aliphatic hydroxyl groups is 1. The van der Waals surface area contributed by atoms with Gasteiger partial charge in [0.05, 0.1) is 0 Å². The van der Waals surface area contributed by atoms with Gasteiger partial charge >= 0.3 is 5.97 Å². The van der Waals surface area contributed by atoms with E-state index in [9.17, 15) is 4.79 Å². The summed E-state index contributed by atoms with van der Waals surface area (Å²) < 4.78 is 0. The van der Waals surface area contributed by atoms with E-state index >= 15 is 0 Å². The standard InChI is InChI=1S/C6H11NO3/c1-7-6(5(9)10)2-4(6)3-8/h4,7-8H,2-3H2,1H3,(H,9,10)/t4-,6-/m1/s1. The molecule has 0 aromatic carbocycles. The monoisotopic (exact) mass is 145 g/mol. The van der Waals surface area contributed by atoms with E-state index in [0.717, 1.165) is 0 Å². The second kappa shape index (κ2) is 2.21. The van der Waals surface area contributed by atoms with Crippen LogP contribution in [-0.2, 0) is 4.79 Å². The van der Waals surface area contributed by atoms with E-state index in [4.69, 9.17) is 10.2 Å². The first kappa shape index (κ1) is 7.50. The van der Waals surface area contributed by atoms with Gasteiger partial charge in [0, 0.05) is 12.5 Å². The molecule has 0 aliphatic heterocycles. The molecule has 0 spiro atoms. The summed E-state index contributed by atoms with van der Waals surface area (Å²) in [6.45, 7) is -0.0485. The number of hydrogen-bond acceptors (Lipinski definition) is 3. The maximum absolute atomic E-state index is 10.5. The smallest absolute Gasteiger partial charge is 0.324 e. The topological polar surface area (TPSA) is 69.6 Å². The summed E-state index contributed by atoms with van der Waals surface area (Å²) in [6.07, 6.45) is 0.537. The summed E-state index contributed by atoms with van der Waals surface area (Å²) in [5.41, 5.74) is -0.825. The fourth-order valence-corrected chi connectivity index (χ4v) is 1.23. The molecule has 2 atom stereocenters. The van der Waals surface area contributed by atoms with Gasteiger partial charge in [0.2, 0.25) is 0 Å². The molecular formula is C6H11NO3. The summed E-state index contributed by atoms with van der Waals surface area (Å²) in [7, 11) is 1.60. The molecule has 4 nitrogen and oxygen atoms in total. The molecule has 0 heterocycles. The average molecular weight is 145 g/mol. The van der Waals surface area contributed by atoms with Crippen molar-refractivity contribution in [2.45, 2.75) is 12.0 Å². The number of nitrogens with one attached hydrogen (secondary N) is 1. The van der Waals surface area contributed by atoms with Crippen molar-refractivity contribution in [1.82, 2.24) is 5.32 Å². The quantitative estimate of drug-likeness (QED) is 0.478. The Hall–Kier alpha value is -0.610. The van der Waals surface area contributed by atoms with Gasteiger partial charge in [-0.3, -0.25) is 4.79 Å². The van der Waals surface area contributed by atoms with Crippen LogP contribution in [0.15, 0.2) is 0 Å². The number of rotatable bonds is 3. The van der Waals surface area contributed by atoms with Gasteiger partial charge in [-0.05, 0) is 13.5 Å². The SMILES string of the molecule is CN[C@]1(C(=O)O)C[C@@H]1CO. The molecule has 4 heteroatoms. The van der Waals surface area contributed by atoms with Gasteiger partial charge < -0.3 is 15.5 Å². The Kier molecular flexibility index (Phi) is 1.66. The lowest BCUT2D eigenvalue weighted by molar-refractivity contribution is -0.141. The second-order valence-electron chi connectivity index (χ2n) is 2.61. The molecule has 1 saturated carbocycles. The zero-order valence-corrected chi connectivity index (χ0v) is 5.79. The molecule has 0 amide bonds. The Labute approximate surface area is 58.9 Å². The number of carboxylic acid groups (broad SMARTS) is 1. The van der Waals surface area contributed by atoms with Gasteiger partial charge in [0.15, 0.2) is 0 Å². The third-order valence-corrected chi connectivity index (χ3v) is 2.15. The first-order valence-electron chi connectivity index (χ1n) is 3.20. The molecule has 1 rings (SSSR count). The van der Waals surface area contributed by atoms with Crippen LogP contribution in [0, 0.1) is 5.92 Å². The van der Waals surface area contributed by atoms with Crippen LogP contribution >= 0.6 is 0 Å². The highest BCUT2D eigenvalue weighted by molar-refractivity contribution is 5.83. The molecule has 0 saturated heterocycles. The zero-order chi connectivity index (χ0) is 7.78. The minimum atomic E-state index is -0.867. The summed E-state index contributed by atoms with van der Waals surface area (Å²) in [5.74, 6) is -0.968. The average Bonchev–Trinajstić information content (AvgIpc) is 2.62. The lowest BCUT2D eigenvalue weighted by Crippen LogP contribution is -2.39. The van der Waals surface area contributed by atoms with Crippen LogP contribution in [0.25, 0.3) is 0 Å². The first-order valence-corrected chi connectivity index (χ1v) is 3.20. The van der Waals surface area contributed by atoms with Crippen LogP contribution in [0.3, 0.4) is 0 Å². The summed E-state index contributed by atoms with van der Waals surface area (Å²) in [4.78, 5) is 10.5. The number of carboxylic acids is 1. The van der Waals surface area contributed by atoms with Crippen molar-refractivity contribution in [3.05, 3.63) is 0 Å². The second-order valence-corrected chi connectivity index (χ2v) is 2.61. The van der Waals surface area contributed by atoms with E-state index in [1.54, 1.807) is 7.05 Å². The van der Waals surface area contributed by atoms with Gasteiger partial charge in [-0.1, -0.05) is 0 Å². The zero-order valence-electron chi connectivity index (χ0n) is 5.79. The minimum absolute atomic E-state index is 0.0485. The molecule has 0 unspecified atom stereocenters. The van der Waals surface area contributed by atoms with E-state index in [-0.39, 0.29) is 12.5 Å². The molecule has 10 heavy (non-hydrogen) atoms. The molecule has 3 N–H and O–H groups in total. The van der Waals surface area contributed by atoms with Crippen molar-refractivity contribution in [2.75, 3.05) is 13.7 Å². The lowest BCUT2D eigenvalue weighted by atomic mass is 10.2. The van der Waals surface area contributed by atoms with Crippen molar-refractivity contribution >= 4 is 5.97 Å². The maximum atomic E-state index is 10.5. The molecular weight excluding hydrogens is 134 g/mol. The largest absolute Gasteiger partial charge is 0.480 e. The van der Waals surface area contributed by atoms with Crippen LogP contribution < -0.4 is 5.32 Å². The number of likely N-dealkylation sites (N-methyl/N-ethyl adjacent to an activating group) is 1. The molecule has 1 aliphatic carbocycles. The van der Waals surface area contributed by atoms with Crippen LogP contribution in [0.2, 0.25) is 0 Å². The number of carbonyl (C=O) groups is 1. The molecule has 0 radical (unpaired) electrons. The number of hydrogen-bond donors (Lipinski definition) is 3. The fraction of sp³-hybridized carbons (Fsp3) is 0.833. The van der Waals surface area contributed by atoms with Gasteiger partial charge in [-0.15, -0.1) is 0 Å². The van der Waals surface area contributed by atoms with Crippen LogP contribution in [-0.4, -0.2) is 35.4 Å². The third-order valence-electron chi connectivity index (χ3n) is 2.15. The molecule has 0 aromatic rings. The van der Waals surface area contributed by atoms with E-state index in [0.29, 0.717) is 6.42 Å². The predicted octanol–water partition coefficient (Wildman–Crippen LogP) is -0.959. The Balaban J connectivity index is 2.59. The van der Waals surface area contributed by atoms with E-state index in [1.165, 1.54) is 0 Å². The van der Waals surface area contributed by atoms with Gasteiger partial charge in [-0.25, -0.2) is 0 Å². The number of aliphatic hydroxyl groups excluding tert-OH is 1. The molecule has 0 aromatic heterocycles. The maximum Gasteiger partial charge on any atom is 0.324 e. The summed E-state index contributed by atoms with van der Waals surface area (Å²) in [6, 6.07) is 0. The van der Waals surface area contributed by atoms with Crippen LogP contribution in [0.4, 0.5) is 0 Å². The molecule has 0 bridgehead atoms. The minimum Gasteiger partial charge on any atom is -0.480 e. The first-order chi connectivity index (χ1) is 4.67. The molecule has 1 fully saturated rings. The van der Waals surface area contributed by atoms with Crippen molar-refractivity contribution in [3.8, 4) is 0 Å². The number of aliphatic carboxylic acids is 1. The van der Waals surface area contributed by atoms with Gasteiger partial charge in [-0.2, -0.15) is 0 Å². The molecule has 58 valence electrons. The Morgan fingerprint density at radius 2 is 2.50 bits per heavy atom. The van der Waals surface area contributed by atoms with E-state index < -0.39 is 11.5 Å². The highest BCUT2D eigenvalue weighted by Gasteiger charge is 2.59. The van der Waals surface area contributed by atoms with Gasteiger partial charge in [0.25, 0.3) is 0 Å². The highest BCUT2D eigenvalue weighted by atomic mass is 16.4. The summed E-state index contributed by atoms with van der Waals surface area (Å²) in [5, 5.41) is 19.9. The van der Waals surface area contributed by atoms with Crippen LogP contribution in [0.5, 0.6) is 0 Å². The normalized spacial score (nSPS) is 37.6. The Bertz CT molecular complexity index is 159. The lowest BCUT2D eigenvalue weighted by Gasteiger charge is -2.08. The fourth-order valence-electron chi connectivity index (χ4n) is 1.23. The van der Waals surface area contributed by atoms with E-state index in [1.807, 2.05) is 0 Å². The van der Waals surface area contributed by atoms with Crippen LogP contribution in [0.1, 0.15) is 6.42 Å². The molecule has 1 aliphatic rings. The van der Waals surface area contributed by atoms with E-state index in [2.05, 4.69) is 5.32 Å². The summed E-state index contributed by atoms with van der Waals surface area (Å²) >= 11 is 0. The van der Waals surface area contributed by atoms with Crippen molar-refractivity contribution < 1.29 is 15.0 Å². The van der Waals surface area contributed by atoms with Gasteiger partial charge in [0.1, 0.15) is 5.54 Å². The Morgan fingerprint density at radius 1 is 1.90 bits per heavy atom. The highest BCUT2D eigenvalue weighted by Crippen LogP contribution is 2.42. The van der Waals surface area contributed by atoms with Crippen molar-refractivity contribution in [2.24, 2.45) is 5.92 Å². The van der Waals surface area contributed by atoms with Crippen molar-refractivity contribution in [3.63, 3.8) is 0 Å². The predicted molar refractivity (Wildman–Crippen MR) is 34.6 cm³/mol. The third kappa shape index (κ3) is 0.803.